The van der Waals surface area contributed by atoms with Gasteiger partial charge in [0, 0.05) is 19.3 Å². The van der Waals surface area contributed by atoms with Crippen LogP contribution >= 0.6 is 0 Å². The van der Waals surface area contributed by atoms with Crippen molar-refractivity contribution in [1.82, 2.24) is 10.2 Å². The van der Waals surface area contributed by atoms with E-state index in [0.717, 1.165) is 18.8 Å². The Bertz CT molecular complexity index is 694. The van der Waals surface area contributed by atoms with Crippen LogP contribution in [0.15, 0.2) is 41.6 Å². The van der Waals surface area contributed by atoms with Crippen LogP contribution in [0.2, 0.25) is 0 Å². The molecule has 3 rings (SSSR count). The number of morpholine rings is 1. The van der Waals surface area contributed by atoms with Gasteiger partial charge in [-0.25, -0.2) is 8.42 Å². The Labute approximate surface area is 123 Å². The number of rotatable bonds is 4. The summed E-state index contributed by atoms with van der Waals surface area (Å²) in [6.45, 7) is 2.76. The van der Waals surface area contributed by atoms with Crippen molar-refractivity contribution in [2.24, 2.45) is 0 Å². The van der Waals surface area contributed by atoms with E-state index in [2.05, 4.69) is 19.8 Å². The van der Waals surface area contributed by atoms with Gasteiger partial charge in [-0.2, -0.15) is 5.10 Å². The maximum Gasteiger partial charge on any atom is 0.265 e. The van der Waals surface area contributed by atoms with E-state index in [-0.39, 0.29) is 4.90 Å². The quantitative estimate of drug-likeness (QED) is 0.881. The van der Waals surface area contributed by atoms with Crippen LogP contribution in [0.5, 0.6) is 0 Å². The van der Waals surface area contributed by atoms with E-state index in [4.69, 9.17) is 4.74 Å². The number of hydrogen-bond donors (Lipinski definition) is 2. The first-order valence-corrected chi connectivity index (χ1v) is 8.08. The van der Waals surface area contributed by atoms with Gasteiger partial charge in [-0.15, -0.1) is 0 Å². The molecule has 2 N–H and O–H groups in total. The molecule has 1 aliphatic rings. The Morgan fingerprint density at radius 3 is 2.71 bits per heavy atom. The van der Waals surface area contributed by atoms with E-state index in [9.17, 15) is 8.42 Å². The molecule has 2 aromatic rings. The predicted octanol–water partition coefficient (Wildman–Crippen LogP) is 1.05. The Kier molecular flexibility index (Phi) is 3.80. The average Bonchev–Trinajstić information content (AvgIpc) is 3.03. The minimum Gasteiger partial charge on any atom is -0.378 e. The third-order valence-electron chi connectivity index (χ3n) is 3.28. The summed E-state index contributed by atoms with van der Waals surface area (Å²) in [5.74, 6) is 0. The first-order valence-electron chi connectivity index (χ1n) is 6.60. The van der Waals surface area contributed by atoms with Crippen LogP contribution in [0.25, 0.3) is 0 Å². The van der Waals surface area contributed by atoms with E-state index in [1.165, 1.54) is 12.4 Å². The van der Waals surface area contributed by atoms with Gasteiger partial charge in [0.2, 0.25) is 0 Å². The van der Waals surface area contributed by atoms with Crippen LogP contribution in [0.3, 0.4) is 0 Å². The highest BCUT2D eigenvalue weighted by Gasteiger charge is 2.20. The number of benzene rings is 1. The third-order valence-corrected chi connectivity index (χ3v) is 4.62. The maximum absolute atomic E-state index is 12.3. The SMILES string of the molecule is O=S(=O)(Nc1ccccc1N1CCOCC1)c1cn[nH]c1. The molecule has 0 bridgehead atoms. The highest BCUT2D eigenvalue weighted by Crippen LogP contribution is 2.28. The van der Waals surface area contributed by atoms with Crippen LogP contribution in [0.4, 0.5) is 11.4 Å². The van der Waals surface area contributed by atoms with Crippen molar-refractivity contribution in [3.63, 3.8) is 0 Å². The minimum atomic E-state index is -3.63. The summed E-state index contributed by atoms with van der Waals surface area (Å²) < 4.78 is 32.5. The van der Waals surface area contributed by atoms with Gasteiger partial charge in [0.25, 0.3) is 10.0 Å². The van der Waals surface area contributed by atoms with Gasteiger partial charge in [-0.1, -0.05) is 12.1 Å². The molecule has 0 aliphatic carbocycles. The Hall–Kier alpha value is -2.06. The molecule has 0 atom stereocenters. The number of hydrogen-bond acceptors (Lipinski definition) is 5. The largest absolute Gasteiger partial charge is 0.378 e. The molecule has 1 saturated heterocycles. The maximum atomic E-state index is 12.3. The second kappa shape index (κ2) is 5.74. The predicted molar refractivity (Wildman–Crippen MR) is 78.9 cm³/mol. The topological polar surface area (TPSA) is 87.3 Å². The lowest BCUT2D eigenvalue weighted by Gasteiger charge is -2.30. The Morgan fingerprint density at radius 2 is 2.00 bits per heavy atom. The van der Waals surface area contributed by atoms with Gasteiger partial charge in [0.05, 0.1) is 30.8 Å². The summed E-state index contributed by atoms with van der Waals surface area (Å²) in [7, 11) is -3.63. The molecule has 0 radical (unpaired) electrons. The Morgan fingerprint density at radius 1 is 1.24 bits per heavy atom. The lowest BCUT2D eigenvalue weighted by molar-refractivity contribution is 0.123. The highest BCUT2D eigenvalue weighted by molar-refractivity contribution is 7.92. The van der Waals surface area contributed by atoms with Gasteiger partial charge in [-0.3, -0.25) is 9.82 Å². The van der Waals surface area contributed by atoms with Crippen molar-refractivity contribution in [1.29, 1.82) is 0 Å². The van der Waals surface area contributed by atoms with Crippen molar-refractivity contribution >= 4 is 21.4 Å². The summed E-state index contributed by atoms with van der Waals surface area (Å²) in [5, 5.41) is 6.17. The second-order valence-corrected chi connectivity index (χ2v) is 6.34. The molecule has 1 aromatic carbocycles. The van der Waals surface area contributed by atoms with E-state index in [1.54, 1.807) is 12.1 Å². The van der Waals surface area contributed by atoms with Crippen LogP contribution in [-0.4, -0.2) is 44.9 Å². The molecule has 2 heterocycles. The molecular weight excluding hydrogens is 292 g/mol. The van der Waals surface area contributed by atoms with E-state index in [0.29, 0.717) is 18.9 Å². The number of anilines is 2. The van der Waals surface area contributed by atoms with Gasteiger partial charge in [-0.05, 0) is 12.1 Å². The van der Waals surface area contributed by atoms with E-state index >= 15 is 0 Å². The minimum absolute atomic E-state index is 0.110. The van der Waals surface area contributed by atoms with E-state index in [1.807, 2.05) is 12.1 Å². The molecule has 1 fully saturated rings. The number of sulfonamides is 1. The zero-order valence-electron chi connectivity index (χ0n) is 11.3. The first kappa shape index (κ1) is 13.9. The van der Waals surface area contributed by atoms with Crippen LogP contribution in [0, 0.1) is 0 Å². The van der Waals surface area contributed by atoms with E-state index < -0.39 is 10.0 Å². The summed E-state index contributed by atoms with van der Waals surface area (Å²) in [4.78, 5) is 2.22. The summed E-state index contributed by atoms with van der Waals surface area (Å²) >= 11 is 0. The molecular formula is C13H16N4O3S. The molecule has 21 heavy (non-hydrogen) atoms. The fourth-order valence-electron chi connectivity index (χ4n) is 2.23. The zero-order valence-corrected chi connectivity index (χ0v) is 12.1. The normalized spacial score (nSPS) is 15.9. The van der Waals surface area contributed by atoms with Gasteiger partial charge in [0.1, 0.15) is 4.90 Å². The van der Waals surface area contributed by atoms with Crippen molar-refractivity contribution in [2.75, 3.05) is 35.9 Å². The second-order valence-electron chi connectivity index (χ2n) is 4.66. The molecule has 7 nitrogen and oxygen atoms in total. The molecule has 0 unspecified atom stereocenters. The molecule has 1 aliphatic heterocycles. The number of aromatic amines is 1. The lowest BCUT2D eigenvalue weighted by atomic mass is 10.2. The number of H-pyrrole nitrogens is 1. The summed E-state index contributed by atoms with van der Waals surface area (Å²) in [6, 6.07) is 7.35. The first-order chi connectivity index (χ1) is 10.2. The van der Waals surface area contributed by atoms with Gasteiger partial charge < -0.3 is 9.64 Å². The number of aromatic nitrogens is 2. The molecule has 0 amide bonds. The molecule has 8 heteroatoms. The monoisotopic (exact) mass is 308 g/mol. The molecule has 0 spiro atoms. The fourth-order valence-corrected chi connectivity index (χ4v) is 3.21. The van der Waals surface area contributed by atoms with Crippen molar-refractivity contribution in [3.05, 3.63) is 36.7 Å². The number of nitrogens with one attached hydrogen (secondary N) is 2. The van der Waals surface area contributed by atoms with Crippen LogP contribution in [0.1, 0.15) is 0 Å². The van der Waals surface area contributed by atoms with Crippen molar-refractivity contribution in [3.8, 4) is 0 Å². The summed E-state index contributed by atoms with van der Waals surface area (Å²) in [6.07, 6.45) is 2.62. The van der Waals surface area contributed by atoms with Crippen molar-refractivity contribution in [2.45, 2.75) is 4.90 Å². The van der Waals surface area contributed by atoms with Gasteiger partial charge >= 0.3 is 0 Å². The third kappa shape index (κ3) is 3.01. The smallest absolute Gasteiger partial charge is 0.265 e. The standard InChI is InChI=1S/C13H16N4O3S/c18-21(19,11-9-14-15-10-11)16-12-3-1-2-4-13(12)17-5-7-20-8-6-17/h1-4,9-10,16H,5-8H2,(H,14,15). The fraction of sp³-hybridized carbons (Fsp3) is 0.308. The van der Waals surface area contributed by atoms with Crippen LogP contribution < -0.4 is 9.62 Å². The molecule has 0 saturated carbocycles. The van der Waals surface area contributed by atoms with Crippen LogP contribution in [-0.2, 0) is 14.8 Å². The molecule has 112 valence electrons. The number of para-hydroxylation sites is 2. The van der Waals surface area contributed by atoms with Crippen molar-refractivity contribution < 1.29 is 13.2 Å². The summed E-state index contributed by atoms with van der Waals surface area (Å²) in [5.41, 5.74) is 1.41. The number of ether oxygens (including phenoxy) is 1. The Balaban J connectivity index is 1.89. The zero-order chi connectivity index (χ0) is 14.7. The van der Waals surface area contributed by atoms with Gasteiger partial charge in [0.15, 0.2) is 0 Å². The molecule has 1 aromatic heterocycles. The number of nitrogens with zero attached hydrogens (tertiary/aromatic N) is 2. The highest BCUT2D eigenvalue weighted by atomic mass is 32.2. The lowest BCUT2D eigenvalue weighted by Crippen LogP contribution is -2.36. The average molecular weight is 308 g/mol.